The van der Waals surface area contributed by atoms with Crippen molar-refractivity contribution >= 4 is 11.6 Å². The van der Waals surface area contributed by atoms with Gasteiger partial charge in [0, 0.05) is 7.11 Å². The minimum absolute atomic E-state index is 0.202. The smallest absolute Gasteiger partial charge is 0.205 e. The van der Waals surface area contributed by atoms with Crippen LogP contribution < -0.4 is 0 Å². The van der Waals surface area contributed by atoms with Crippen molar-refractivity contribution in [2.45, 2.75) is 12.5 Å². The Hall–Kier alpha value is -1.98. The number of aliphatic hydroxyl groups is 1. The second-order valence-corrected chi connectivity index (χ2v) is 4.42. The van der Waals surface area contributed by atoms with Crippen LogP contribution in [0.5, 0.6) is 0 Å². The monoisotopic (exact) mass is 262 g/mol. The van der Waals surface area contributed by atoms with Crippen molar-refractivity contribution in [2.24, 2.45) is 0 Å². The minimum atomic E-state index is -2.00. The number of hydrogen-bond acceptors (Lipinski definition) is 5. The molecule has 0 aromatic rings. The number of carbonyl (C=O) groups is 2. The van der Waals surface area contributed by atoms with E-state index < -0.39 is 17.2 Å². The maximum absolute atomic E-state index is 11.9. The number of rotatable bonds is 3. The summed E-state index contributed by atoms with van der Waals surface area (Å²) in [6, 6.07) is 0. The molecule has 1 N–H and O–H groups in total. The average Bonchev–Trinajstić information content (AvgIpc) is 2.37. The van der Waals surface area contributed by atoms with Crippen molar-refractivity contribution in [1.82, 2.24) is 0 Å². The molecular formula is C14H14O5. The highest BCUT2D eigenvalue weighted by molar-refractivity contribution is 6.25. The van der Waals surface area contributed by atoms with E-state index in [4.69, 9.17) is 9.47 Å². The molecule has 0 amide bonds. The van der Waals surface area contributed by atoms with E-state index in [9.17, 15) is 14.7 Å². The third-order valence-electron chi connectivity index (χ3n) is 2.92. The van der Waals surface area contributed by atoms with Crippen LogP contribution in [0.1, 0.15) is 6.92 Å². The molecule has 0 saturated carbocycles. The van der Waals surface area contributed by atoms with Crippen LogP contribution in [0.2, 0.25) is 0 Å². The summed E-state index contributed by atoms with van der Waals surface area (Å²) < 4.78 is 10.1. The van der Waals surface area contributed by atoms with E-state index in [1.807, 2.05) is 0 Å². The summed E-state index contributed by atoms with van der Waals surface area (Å²) in [6.45, 7) is 1.62. The Morgan fingerprint density at radius 1 is 1.42 bits per heavy atom. The van der Waals surface area contributed by atoms with Gasteiger partial charge in [-0.05, 0) is 30.7 Å². The SMILES string of the molecule is COC/C=C/C1=CC2=CC(=O)C(C)(O)C(=O)C2=CO1. The molecule has 19 heavy (non-hydrogen) atoms. The molecule has 2 rings (SSSR count). The topological polar surface area (TPSA) is 72.8 Å². The van der Waals surface area contributed by atoms with E-state index in [0.717, 1.165) is 0 Å². The highest BCUT2D eigenvalue weighted by Crippen LogP contribution is 2.31. The molecule has 0 bridgehead atoms. The molecule has 1 heterocycles. The van der Waals surface area contributed by atoms with Crippen molar-refractivity contribution in [3.63, 3.8) is 0 Å². The number of Topliss-reactive ketones (excluding diaryl/α,β-unsaturated/α-hetero) is 1. The molecular weight excluding hydrogens is 248 g/mol. The fourth-order valence-electron chi connectivity index (χ4n) is 1.77. The first-order chi connectivity index (χ1) is 8.96. The molecule has 0 aromatic carbocycles. The van der Waals surface area contributed by atoms with Crippen molar-refractivity contribution in [1.29, 1.82) is 0 Å². The second kappa shape index (κ2) is 4.95. The third kappa shape index (κ3) is 2.43. The summed E-state index contributed by atoms with van der Waals surface area (Å²) in [5.41, 5.74) is -1.35. The fraction of sp³-hybridized carbons (Fsp3) is 0.286. The minimum Gasteiger partial charge on any atom is -0.464 e. The molecule has 0 aromatic heterocycles. The lowest BCUT2D eigenvalue weighted by atomic mass is 9.81. The first-order valence-electron chi connectivity index (χ1n) is 5.74. The van der Waals surface area contributed by atoms with Crippen LogP contribution in [-0.2, 0) is 19.1 Å². The van der Waals surface area contributed by atoms with Crippen molar-refractivity contribution < 1.29 is 24.2 Å². The van der Waals surface area contributed by atoms with Gasteiger partial charge in [0.05, 0.1) is 12.2 Å². The molecule has 1 aliphatic carbocycles. The van der Waals surface area contributed by atoms with Crippen LogP contribution in [0.25, 0.3) is 0 Å². The zero-order valence-electron chi connectivity index (χ0n) is 10.7. The fourth-order valence-corrected chi connectivity index (χ4v) is 1.77. The molecule has 1 unspecified atom stereocenters. The van der Waals surface area contributed by atoms with Gasteiger partial charge in [-0.2, -0.15) is 0 Å². The number of allylic oxidation sites excluding steroid dienone is 3. The average molecular weight is 262 g/mol. The molecule has 1 atom stereocenters. The van der Waals surface area contributed by atoms with Gasteiger partial charge in [0.15, 0.2) is 11.4 Å². The number of fused-ring (bicyclic) bond motifs is 1. The summed E-state index contributed by atoms with van der Waals surface area (Å²) in [4.78, 5) is 23.6. The van der Waals surface area contributed by atoms with Crippen molar-refractivity contribution in [2.75, 3.05) is 13.7 Å². The van der Waals surface area contributed by atoms with Crippen LogP contribution in [0.3, 0.4) is 0 Å². The van der Waals surface area contributed by atoms with E-state index in [1.54, 1.807) is 25.3 Å². The van der Waals surface area contributed by atoms with E-state index >= 15 is 0 Å². The van der Waals surface area contributed by atoms with Gasteiger partial charge in [-0.1, -0.05) is 6.08 Å². The third-order valence-corrected chi connectivity index (χ3v) is 2.92. The summed E-state index contributed by atoms with van der Waals surface area (Å²) in [5, 5.41) is 9.80. The highest BCUT2D eigenvalue weighted by atomic mass is 16.5. The number of methoxy groups -OCH3 is 1. The van der Waals surface area contributed by atoms with Crippen LogP contribution in [0.15, 0.2) is 47.5 Å². The zero-order chi connectivity index (χ0) is 14.0. The number of ketones is 2. The van der Waals surface area contributed by atoms with Gasteiger partial charge in [-0.25, -0.2) is 0 Å². The highest BCUT2D eigenvalue weighted by Gasteiger charge is 2.44. The number of ether oxygens (including phenoxy) is 2. The largest absolute Gasteiger partial charge is 0.464 e. The number of hydrogen-bond donors (Lipinski definition) is 1. The second-order valence-electron chi connectivity index (χ2n) is 4.42. The van der Waals surface area contributed by atoms with Crippen LogP contribution >= 0.6 is 0 Å². The first kappa shape index (κ1) is 13.5. The maximum Gasteiger partial charge on any atom is 0.205 e. The predicted molar refractivity (Wildman–Crippen MR) is 67.0 cm³/mol. The van der Waals surface area contributed by atoms with Crippen LogP contribution in [0, 0.1) is 0 Å². The standard InChI is InChI=1S/C14H14O5/c1-14(17)12(15)7-9-6-10(4-3-5-18-2)19-8-11(9)13(14)16/h3-4,6-8,17H,5H2,1-2H3/b4-3+. The summed E-state index contributed by atoms with van der Waals surface area (Å²) >= 11 is 0. The van der Waals surface area contributed by atoms with Crippen LogP contribution in [0.4, 0.5) is 0 Å². The summed E-state index contributed by atoms with van der Waals surface area (Å²) in [5.74, 6) is -0.775. The Labute approximate surface area is 110 Å². The molecule has 5 heteroatoms. The van der Waals surface area contributed by atoms with Gasteiger partial charge in [0.2, 0.25) is 5.78 Å². The van der Waals surface area contributed by atoms with Gasteiger partial charge in [0.1, 0.15) is 12.0 Å². The lowest BCUT2D eigenvalue weighted by molar-refractivity contribution is -0.144. The Bertz CT molecular complexity index is 546. The van der Waals surface area contributed by atoms with E-state index in [0.29, 0.717) is 17.9 Å². The Balaban J connectivity index is 2.30. The Morgan fingerprint density at radius 3 is 2.84 bits per heavy atom. The molecule has 2 aliphatic rings. The quantitative estimate of drug-likeness (QED) is 0.762. The lowest BCUT2D eigenvalue weighted by Crippen LogP contribution is -2.46. The zero-order valence-corrected chi connectivity index (χ0v) is 10.7. The van der Waals surface area contributed by atoms with Gasteiger partial charge in [-0.15, -0.1) is 0 Å². The first-order valence-corrected chi connectivity index (χ1v) is 5.74. The Kier molecular flexibility index (Phi) is 3.50. The van der Waals surface area contributed by atoms with Gasteiger partial charge < -0.3 is 14.6 Å². The number of carbonyl (C=O) groups excluding carboxylic acids is 2. The van der Waals surface area contributed by atoms with E-state index in [-0.39, 0.29) is 5.57 Å². The normalized spacial score (nSPS) is 26.6. The summed E-state index contributed by atoms with van der Waals surface area (Å²) in [6.07, 6.45) is 7.50. The predicted octanol–water partition coefficient (Wildman–Crippen LogP) is 0.816. The molecule has 0 saturated heterocycles. The van der Waals surface area contributed by atoms with Crippen molar-refractivity contribution in [3.8, 4) is 0 Å². The molecule has 0 fully saturated rings. The molecule has 5 nitrogen and oxygen atoms in total. The maximum atomic E-state index is 11.9. The molecule has 1 aliphatic heterocycles. The van der Waals surface area contributed by atoms with Gasteiger partial charge in [0.25, 0.3) is 0 Å². The molecule has 100 valence electrons. The summed E-state index contributed by atoms with van der Waals surface area (Å²) in [7, 11) is 1.57. The van der Waals surface area contributed by atoms with Crippen LogP contribution in [-0.4, -0.2) is 36.0 Å². The lowest BCUT2D eigenvalue weighted by Gasteiger charge is -2.27. The van der Waals surface area contributed by atoms with Crippen molar-refractivity contribution in [3.05, 3.63) is 47.5 Å². The van der Waals surface area contributed by atoms with Gasteiger partial charge >= 0.3 is 0 Å². The molecule has 0 radical (unpaired) electrons. The van der Waals surface area contributed by atoms with E-state index in [2.05, 4.69) is 0 Å². The Morgan fingerprint density at radius 2 is 2.16 bits per heavy atom. The molecule has 0 spiro atoms. The van der Waals surface area contributed by atoms with Gasteiger partial charge in [-0.3, -0.25) is 9.59 Å². The van der Waals surface area contributed by atoms with E-state index in [1.165, 1.54) is 19.3 Å².